The standard InChI is InChI=1S/C13H13ClF3NOS/c1-8(19)20-10-4-5-18(7-10)9-2-3-12(14)11(6-9)13(15,16)17/h2-3,6,10H,4-5,7H2,1H3. The van der Waals surface area contributed by atoms with Gasteiger partial charge in [0, 0.05) is 31.0 Å². The summed E-state index contributed by atoms with van der Waals surface area (Å²) in [6.45, 7) is 2.71. The molecule has 0 saturated carbocycles. The summed E-state index contributed by atoms with van der Waals surface area (Å²) in [4.78, 5) is 12.9. The summed E-state index contributed by atoms with van der Waals surface area (Å²) in [5.41, 5.74) is -0.326. The molecule has 0 N–H and O–H groups in total. The second-order valence-electron chi connectivity index (χ2n) is 4.63. The molecule has 0 aliphatic carbocycles. The number of carbonyl (C=O) groups is 1. The van der Waals surface area contributed by atoms with Gasteiger partial charge in [0.2, 0.25) is 0 Å². The Hall–Kier alpha value is -0.880. The van der Waals surface area contributed by atoms with Crippen molar-refractivity contribution < 1.29 is 18.0 Å². The highest BCUT2D eigenvalue weighted by atomic mass is 35.5. The smallest absolute Gasteiger partial charge is 0.370 e. The third-order valence-electron chi connectivity index (χ3n) is 3.10. The average molecular weight is 324 g/mol. The van der Waals surface area contributed by atoms with Crippen LogP contribution < -0.4 is 4.90 Å². The van der Waals surface area contributed by atoms with E-state index >= 15 is 0 Å². The van der Waals surface area contributed by atoms with Crippen molar-refractivity contribution in [2.75, 3.05) is 18.0 Å². The molecule has 2 nitrogen and oxygen atoms in total. The zero-order valence-electron chi connectivity index (χ0n) is 10.7. The Morgan fingerprint density at radius 1 is 1.45 bits per heavy atom. The van der Waals surface area contributed by atoms with Crippen LogP contribution in [0.15, 0.2) is 18.2 Å². The van der Waals surface area contributed by atoms with E-state index in [0.29, 0.717) is 18.8 Å². The van der Waals surface area contributed by atoms with E-state index in [1.54, 1.807) is 6.07 Å². The molecular weight excluding hydrogens is 311 g/mol. The molecule has 20 heavy (non-hydrogen) atoms. The molecule has 1 saturated heterocycles. The van der Waals surface area contributed by atoms with E-state index < -0.39 is 11.7 Å². The number of nitrogens with zero attached hydrogens (tertiary/aromatic N) is 1. The van der Waals surface area contributed by atoms with Crippen molar-refractivity contribution in [2.24, 2.45) is 0 Å². The van der Waals surface area contributed by atoms with Crippen LogP contribution in [0.2, 0.25) is 5.02 Å². The Morgan fingerprint density at radius 3 is 2.75 bits per heavy atom. The van der Waals surface area contributed by atoms with Crippen molar-refractivity contribution in [3.8, 4) is 0 Å². The van der Waals surface area contributed by atoms with Gasteiger partial charge < -0.3 is 4.90 Å². The maximum Gasteiger partial charge on any atom is 0.417 e. The van der Waals surface area contributed by atoms with E-state index in [-0.39, 0.29) is 15.4 Å². The molecule has 0 amide bonds. The van der Waals surface area contributed by atoms with Gasteiger partial charge in [0.25, 0.3) is 0 Å². The summed E-state index contributed by atoms with van der Waals surface area (Å²) in [6, 6.07) is 3.92. The van der Waals surface area contributed by atoms with E-state index in [0.717, 1.165) is 12.5 Å². The van der Waals surface area contributed by atoms with Crippen LogP contribution in [-0.2, 0) is 11.0 Å². The van der Waals surface area contributed by atoms with Crippen LogP contribution in [0.4, 0.5) is 18.9 Å². The lowest BCUT2D eigenvalue weighted by Crippen LogP contribution is -2.21. The minimum absolute atomic E-state index is 0.0314. The van der Waals surface area contributed by atoms with Crippen molar-refractivity contribution in [1.29, 1.82) is 0 Å². The van der Waals surface area contributed by atoms with Crippen LogP contribution in [-0.4, -0.2) is 23.5 Å². The van der Waals surface area contributed by atoms with Crippen molar-refractivity contribution in [3.63, 3.8) is 0 Å². The zero-order chi connectivity index (χ0) is 14.9. The minimum atomic E-state index is -4.46. The minimum Gasteiger partial charge on any atom is -0.370 e. The number of benzene rings is 1. The molecular formula is C13H13ClF3NOS. The molecule has 1 fully saturated rings. The predicted molar refractivity (Wildman–Crippen MR) is 75.3 cm³/mol. The van der Waals surface area contributed by atoms with Gasteiger partial charge in [-0.1, -0.05) is 23.4 Å². The van der Waals surface area contributed by atoms with Crippen molar-refractivity contribution in [3.05, 3.63) is 28.8 Å². The molecule has 1 aliphatic heterocycles. The molecule has 0 radical (unpaired) electrons. The van der Waals surface area contributed by atoms with Crippen LogP contribution in [0.25, 0.3) is 0 Å². The maximum absolute atomic E-state index is 12.8. The lowest BCUT2D eigenvalue weighted by molar-refractivity contribution is -0.137. The van der Waals surface area contributed by atoms with Crippen molar-refractivity contribution >= 4 is 34.2 Å². The van der Waals surface area contributed by atoms with Crippen LogP contribution in [0.1, 0.15) is 18.9 Å². The lowest BCUT2D eigenvalue weighted by atomic mass is 10.2. The Morgan fingerprint density at radius 2 is 2.15 bits per heavy atom. The predicted octanol–water partition coefficient (Wildman–Crippen LogP) is 4.22. The maximum atomic E-state index is 12.8. The molecule has 1 atom stereocenters. The average Bonchev–Trinajstić information content (AvgIpc) is 2.75. The number of hydrogen-bond acceptors (Lipinski definition) is 3. The number of hydrogen-bond donors (Lipinski definition) is 0. The highest BCUT2D eigenvalue weighted by Gasteiger charge is 2.34. The molecule has 1 aromatic rings. The lowest BCUT2D eigenvalue weighted by Gasteiger charge is -2.20. The van der Waals surface area contributed by atoms with Gasteiger partial charge in [-0.2, -0.15) is 13.2 Å². The molecule has 0 bridgehead atoms. The monoisotopic (exact) mass is 323 g/mol. The first-order valence-electron chi connectivity index (χ1n) is 6.06. The number of anilines is 1. The summed E-state index contributed by atoms with van der Waals surface area (Å²) in [5, 5.41) is -0.128. The van der Waals surface area contributed by atoms with Crippen LogP contribution in [0.5, 0.6) is 0 Å². The first kappa shape index (κ1) is 15.5. The fourth-order valence-electron chi connectivity index (χ4n) is 2.22. The van der Waals surface area contributed by atoms with E-state index in [9.17, 15) is 18.0 Å². The van der Waals surface area contributed by atoms with Crippen molar-refractivity contribution in [1.82, 2.24) is 0 Å². The third-order valence-corrected chi connectivity index (χ3v) is 4.48. The molecule has 110 valence electrons. The van der Waals surface area contributed by atoms with Gasteiger partial charge in [-0.05, 0) is 24.6 Å². The Labute approximate surface area is 124 Å². The van der Waals surface area contributed by atoms with Gasteiger partial charge in [-0.3, -0.25) is 4.79 Å². The van der Waals surface area contributed by atoms with Gasteiger partial charge in [0.15, 0.2) is 5.12 Å². The SMILES string of the molecule is CC(=O)SC1CCN(c2ccc(Cl)c(C(F)(F)F)c2)C1. The van der Waals surface area contributed by atoms with Crippen LogP contribution >= 0.6 is 23.4 Å². The highest BCUT2D eigenvalue weighted by Crippen LogP contribution is 2.38. The summed E-state index contributed by atoms with van der Waals surface area (Å²) in [6.07, 6.45) is -3.67. The topological polar surface area (TPSA) is 20.3 Å². The van der Waals surface area contributed by atoms with E-state index in [4.69, 9.17) is 11.6 Å². The van der Waals surface area contributed by atoms with Gasteiger partial charge in [0.1, 0.15) is 0 Å². The normalized spacial score (nSPS) is 19.4. The summed E-state index contributed by atoms with van der Waals surface area (Å²) < 4.78 is 38.4. The largest absolute Gasteiger partial charge is 0.417 e. The number of halogens is 4. The summed E-state index contributed by atoms with van der Waals surface area (Å²) in [5.74, 6) is 0. The molecule has 2 rings (SSSR count). The molecule has 1 unspecified atom stereocenters. The van der Waals surface area contributed by atoms with E-state index in [1.807, 2.05) is 4.90 Å². The van der Waals surface area contributed by atoms with Crippen LogP contribution in [0, 0.1) is 0 Å². The van der Waals surface area contributed by atoms with Crippen molar-refractivity contribution in [2.45, 2.75) is 24.8 Å². The highest BCUT2D eigenvalue weighted by molar-refractivity contribution is 8.14. The second-order valence-corrected chi connectivity index (χ2v) is 6.51. The fraction of sp³-hybridized carbons (Fsp3) is 0.462. The number of thioether (sulfide) groups is 1. The fourth-order valence-corrected chi connectivity index (χ4v) is 3.39. The molecule has 7 heteroatoms. The van der Waals surface area contributed by atoms with Crippen LogP contribution in [0.3, 0.4) is 0 Å². The quantitative estimate of drug-likeness (QED) is 0.813. The second kappa shape index (κ2) is 5.85. The number of carbonyl (C=O) groups excluding carboxylic acids is 1. The van der Waals surface area contributed by atoms with Gasteiger partial charge >= 0.3 is 6.18 Å². The Kier molecular flexibility index (Phi) is 4.54. The number of alkyl halides is 3. The van der Waals surface area contributed by atoms with E-state index in [1.165, 1.54) is 24.8 Å². The van der Waals surface area contributed by atoms with E-state index in [2.05, 4.69) is 0 Å². The number of rotatable bonds is 2. The first-order chi connectivity index (χ1) is 9.27. The zero-order valence-corrected chi connectivity index (χ0v) is 12.3. The van der Waals surface area contributed by atoms with Gasteiger partial charge in [-0.15, -0.1) is 0 Å². The molecule has 1 aliphatic rings. The molecule has 1 heterocycles. The summed E-state index contributed by atoms with van der Waals surface area (Å²) in [7, 11) is 0. The molecule has 1 aromatic carbocycles. The van der Waals surface area contributed by atoms with Gasteiger partial charge in [0.05, 0.1) is 10.6 Å². The molecule has 0 aromatic heterocycles. The van der Waals surface area contributed by atoms with Gasteiger partial charge in [-0.25, -0.2) is 0 Å². The Bertz CT molecular complexity index is 521. The summed E-state index contributed by atoms with van der Waals surface area (Å²) >= 11 is 6.84. The first-order valence-corrected chi connectivity index (χ1v) is 7.32. The Balaban J connectivity index is 2.17. The molecule has 0 spiro atoms. The third kappa shape index (κ3) is 3.61.